The minimum atomic E-state index is -1.06. The summed E-state index contributed by atoms with van der Waals surface area (Å²) in [5, 5.41) is 29.1. The van der Waals surface area contributed by atoms with Crippen LogP contribution in [-0.2, 0) is 4.79 Å². The number of aliphatic hydroxyl groups is 2. The Morgan fingerprint density at radius 2 is 2.07 bits per heavy atom. The fourth-order valence-electron chi connectivity index (χ4n) is 1.06. The molecule has 0 radical (unpaired) electrons. The molecular weight excluding hydrogens is 196 g/mol. The smallest absolute Gasteiger partial charge is 0.237 e. The van der Waals surface area contributed by atoms with Gasteiger partial charge in [-0.15, -0.1) is 0 Å². The Balaban J connectivity index is 4.40. The van der Waals surface area contributed by atoms with E-state index in [1.807, 2.05) is 13.0 Å². The van der Waals surface area contributed by atoms with E-state index in [0.29, 0.717) is 6.42 Å². The highest BCUT2D eigenvalue weighted by atomic mass is 16.3. The lowest BCUT2D eigenvalue weighted by Crippen LogP contribution is -2.53. The van der Waals surface area contributed by atoms with Gasteiger partial charge in [0.2, 0.25) is 5.91 Å². The lowest BCUT2D eigenvalue weighted by Gasteiger charge is -2.27. The summed E-state index contributed by atoms with van der Waals surface area (Å²) in [6.45, 7) is 2.68. The van der Waals surface area contributed by atoms with Crippen molar-refractivity contribution in [3.63, 3.8) is 0 Å². The van der Waals surface area contributed by atoms with E-state index in [0.717, 1.165) is 6.42 Å². The third-order valence-corrected chi connectivity index (χ3v) is 2.17. The summed E-state index contributed by atoms with van der Waals surface area (Å²) in [6, 6.07) is 1.90. The average molecular weight is 214 g/mol. The monoisotopic (exact) mass is 214 g/mol. The van der Waals surface area contributed by atoms with E-state index in [9.17, 15) is 4.79 Å². The maximum absolute atomic E-state index is 11.5. The number of nitrogens with zero attached hydrogens (tertiary/aromatic N) is 1. The van der Waals surface area contributed by atoms with Crippen LogP contribution in [0.4, 0.5) is 0 Å². The Morgan fingerprint density at radius 3 is 2.40 bits per heavy atom. The van der Waals surface area contributed by atoms with Gasteiger partial charge in [-0.25, -0.2) is 0 Å². The largest absolute Gasteiger partial charge is 0.394 e. The molecule has 0 aromatic rings. The van der Waals surface area contributed by atoms with Gasteiger partial charge in [-0.2, -0.15) is 5.26 Å². The number of rotatable bonds is 6. The molecular formula is C10H18N2O3. The number of nitrogens with one attached hydrogen (secondary N) is 1. The van der Waals surface area contributed by atoms with Crippen molar-refractivity contribution in [2.45, 2.75) is 32.2 Å². The molecule has 0 heterocycles. The Bertz CT molecular complexity index is 244. The fourth-order valence-corrected chi connectivity index (χ4v) is 1.06. The SMILES string of the molecule is CCCC(C#N)C(=O)NC(C)(CO)CO. The second-order valence-corrected chi connectivity index (χ2v) is 3.84. The molecule has 0 rings (SSSR count). The number of carbonyl (C=O) groups excluding carboxylic acids is 1. The van der Waals surface area contributed by atoms with Gasteiger partial charge in [0.05, 0.1) is 24.8 Å². The van der Waals surface area contributed by atoms with E-state index in [-0.39, 0.29) is 13.2 Å². The quantitative estimate of drug-likeness (QED) is 0.570. The molecule has 1 unspecified atom stereocenters. The molecule has 0 aromatic heterocycles. The van der Waals surface area contributed by atoms with Crippen molar-refractivity contribution < 1.29 is 15.0 Å². The molecule has 0 saturated heterocycles. The summed E-state index contributed by atoms with van der Waals surface area (Å²) in [5.74, 6) is -1.16. The van der Waals surface area contributed by atoms with Gasteiger partial charge in [-0.05, 0) is 13.3 Å². The van der Waals surface area contributed by atoms with Crippen molar-refractivity contribution in [2.24, 2.45) is 5.92 Å². The Kier molecular flexibility index (Phi) is 5.90. The van der Waals surface area contributed by atoms with Gasteiger partial charge in [0, 0.05) is 0 Å². The predicted octanol–water partition coefficient (Wildman–Crippen LogP) is -0.214. The van der Waals surface area contributed by atoms with Gasteiger partial charge in [-0.3, -0.25) is 4.79 Å². The first-order chi connectivity index (χ1) is 7.02. The number of aliphatic hydroxyl groups excluding tert-OH is 2. The molecule has 5 heteroatoms. The summed E-state index contributed by atoms with van der Waals surface area (Å²) in [6.07, 6.45) is 1.22. The zero-order valence-electron chi connectivity index (χ0n) is 9.16. The van der Waals surface area contributed by atoms with E-state index < -0.39 is 17.4 Å². The minimum Gasteiger partial charge on any atom is -0.394 e. The molecule has 1 atom stereocenters. The maximum atomic E-state index is 11.5. The number of nitriles is 1. The molecule has 0 spiro atoms. The molecule has 5 nitrogen and oxygen atoms in total. The highest BCUT2D eigenvalue weighted by molar-refractivity contribution is 5.81. The molecule has 0 aliphatic carbocycles. The first-order valence-corrected chi connectivity index (χ1v) is 4.96. The first kappa shape index (κ1) is 13.9. The van der Waals surface area contributed by atoms with Gasteiger partial charge >= 0.3 is 0 Å². The van der Waals surface area contributed by atoms with E-state index in [1.165, 1.54) is 6.92 Å². The van der Waals surface area contributed by atoms with Crippen LogP contribution in [0.3, 0.4) is 0 Å². The van der Waals surface area contributed by atoms with Crippen LogP contribution in [0.25, 0.3) is 0 Å². The summed E-state index contributed by atoms with van der Waals surface area (Å²) in [5.41, 5.74) is -1.06. The van der Waals surface area contributed by atoms with Crippen LogP contribution in [-0.4, -0.2) is 34.9 Å². The minimum absolute atomic E-state index is 0.362. The number of hydrogen-bond donors (Lipinski definition) is 3. The summed E-state index contributed by atoms with van der Waals surface area (Å²) in [7, 11) is 0. The van der Waals surface area contributed by atoms with Crippen molar-refractivity contribution in [3.8, 4) is 6.07 Å². The number of carbonyl (C=O) groups is 1. The van der Waals surface area contributed by atoms with Crippen LogP contribution < -0.4 is 5.32 Å². The zero-order chi connectivity index (χ0) is 11.9. The lowest BCUT2D eigenvalue weighted by atomic mass is 10.0. The van der Waals surface area contributed by atoms with Gasteiger partial charge in [0.1, 0.15) is 5.92 Å². The maximum Gasteiger partial charge on any atom is 0.237 e. The standard InChI is InChI=1S/C10H18N2O3/c1-3-4-8(5-11)9(15)12-10(2,6-13)7-14/h8,13-14H,3-4,6-7H2,1-2H3,(H,12,15). The molecule has 0 aromatic carbocycles. The molecule has 1 amide bonds. The molecule has 0 bridgehead atoms. The van der Waals surface area contributed by atoms with E-state index in [1.54, 1.807) is 0 Å². The summed E-state index contributed by atoms with van der Waals surface area (Å²) < 4.78 is 0. The zero-order valence-corrected chi connectivity index (χ0v) is 9.16. The fraction of sp³-hybridized carbons (Fsp3) is 0.800. The molecule has 0 saturated carbocycles. The summed E-state index contributed by atoms with van der Waals surface area (Å²) in [4.78, 5) is 11.5. The molecule has 0 aliphatic rings. The van der Waals surface area contributed by atoms with Crippen molar-refractivity contribution in [1.82, 2.24) is 5.32 Å². The van der Waals surface area contributed by atoms with Crippen molar-refractivity contribution in [1.29, 1.82) is 5.26 Å². The first-order valence-electron chi connectivity index (χ1n) is 4.96. The van der Waals surface area contributed by atoms with Crippen LogP contribution in [0.15, 0.2) is 0 Å². The second-order valence-electron chi connectivity index (χ2n) is 3.84. The lowest BCUT2D eigenvalue weighted by molar-refractivity contribution is -0.126. The van der Waals surface area contributed by atoms with Gasteiger partial charge in [0.15, 0.2) is 0 Å². The van der Waals surface area contributed by atoms with E-state index in [2.05, 4.69) is 5.32 Å². The van der Waals surface area contributed by atoms with Crippen molar-refractivity contribution in [3.05, 3.63) is 0 Å². The van der Waals surface area contributed by atoms with Crippen LogP contribution in [0.1, 0.15) is 26.7 Å². The summed E-state index contributed by atoms with van der Waals surface area (Å²) >= 11 is 0. The molecule has 15 heavy (non-hydrogen) atoms. The third kappa shape index (κ3) is 4.28. The second kappa shape index (κ2) is 6.38. The molecule has 0 aliphatic heterocycles. The predicted molar refractivity (Wildman–Crippen MR) is 54.7 cm³/mol. The van der Waals surface area contributed by atoms with Crippen LogP contribution in [0, 0.1) is 17.2 Å². The Labute approximate surface area is 89.7 Å². The highest BCUT2D eigenvalue weighted by Crippen LogP contribution is 2.08. The van der Waals surface area contributed by atoms with Gasteiger partial charge in [0.25, 0.3) is 0 Å². The number of amides is 1. The van der Waals surface area contributed by atoms with Gasteiger partial charge < -0.3 is 15.5 Å². The van der Waals surface area contributed by atoms with Crippen molar-refractivity contribution in [2.75, 3.05) is 13.2 Å². The third-order valence-electron chi connectivity index (χ3n) is 2.17. The topological polar surface area (TPSA) is 93.4 Å². The van der Waals surface area contributed by atoms with Crippen LogP contribution in [0.5, 0.6) is 0 Å². The Hall–Kier alpha value is -1.12. The number of hydrogen-bond acceptors (Lipinski definition) is 4. The normalized spacial score (nSPS) is 13.0. The van der Waals surface area contributed by atoms with Crippen LogP contribution in [0.2, 0.25) is 0 Å². The average Bonchev–Trinajstić information content (AvgIpc) is 2.25. The molecule has 3 N–H and O–H groups in total. The molecule has 0 fully saturated rings. The van der Waals surface area contributed by atoms with Crippen molar-refractivity contribution >= 4 is 5.91 Å². The van der Waals surface area contributed by atoms with Gasteiger partial charge in [-0.1, -0.05) is 13.3 Å². The van der Waals surface area contributed by atoms with E-state index >= 15 is 0 Å². The highest BCUT2D eigenvalue weighted by Gasteiger charge is 2.28. The van der Waals surface area contributed by atoms with Crippen LogP contribution >= 0.6 is 0 Å². The molecule has 86 valence electrons. The van der Waals surface area contributed by atoms with E-state index in [4.69, 9.17) is 15.5 Å². The Morgan fingerprint density at radius 1 is 1.53 bits per heavy atom.